The van der Waals surface area contributed by atoms with E-state index in [-0.39, 0.29) is 11.3 Å². The molecule has 0 radical (unpaired) electrons. The van der Waals surface area contributed by atoms with Crippen LogP contribution in [-0.2, 0) is 11.3 Å². The molecule has 1 aromatic rings. The predicted octanol–water partition coefficient (Wildman–Crippen LogP) is 2.55. The highest BCUT2D eigenvalue weighted by Gasteiger charge is 2.24. The van der Waals surface area contributed by atoms with Crippen LogP contribution in [0.5, 0.6) is 0 Å². The number of nitrogens with one attached hydrogen (secondary N) is 1. The van der Waals surface area contributed by atoms with Gasteiger partial charge in [0.15, 0.2) is 0 Å². The lowest BCUT2D eigenvalue weighted by atomic mass is 9.76. The molecule has 1 heterocycles. The van der Waals surface area contributed by atoms with Crippen molar-refractivity contribution in [2.24, 2.45) is 17.1 Å². The molecule has 0 aliphatic heterocycles. The van der Waals surface area contributed by atoms with Crippen molar-refractivity contribution in [2.45, 2.75) is 46.6 Å². The molecule has 0 aromatic carbocycles. The first-order chi connectivity index (χ1) is 8.93. The van der Waals surface area contributed by atoms with E-state index < -0.39 is 0 Å². The minimum Gasteiger partial charge on any atom is -0.351 e. The van der Waals surface area contributed by atoms with Crippen LogP contribution >= 0.6 is 11.3 Å². The van der Waals surface area contributed by atoms with Crippen LogP contribution in [-0.4, -0.2) is 17.4 Å². The molecule has 19 heavy (non-hydrogen) atoms. The minimum atomic E-state index is 0.111. The first kappa shape index (κ1) is 16.1. The Morgan fingerprint density at radius 2 is 2.21 bits per heavy atom. The minimum absolute atomic E-state index is 0.111. The van der Waals surface area contributed by atoms with Crippen LogP contribution in [0.15, 0.2) is 11.7 Å². The number of thiazole rings is 1. The van der Waals surface area contributed by atoms with Gasteiger partial charge in [-0.15, -0.1) is 11.3 Å². The van der Waals surface area contributed by atoms with Crippen molar-refractivity contribution in [1.82, 2.24) is 10.3 Å². The number of nitrogens with two attached hydrogens (primary N) is 1. The summed E-state index contributed by atoms with van der Waals surface area (Å²) in [5.74, 6) is 0.603. The van der Waals surface area contributed by atoms with Gasteiger partial charge in [0.2, 0.25) is 5.91 Å². The molecule has 1 amide bonds. The number of carbonyl (C=O) groups is 1. The van der Waals surface area contributed by atoms with Crippen LogP contribution in [0.25, 0.3) is 0 Å². The lowest BCUT2D eigenvalue weighted by Gasteiger charge is -2.30. The van der Waals surface area contributed by atoms with Gasteiger partial charge in [0.1, 0.15) is 0 Å². The summed E-state index contributed by atoms with van der Waals surface area (Å²) >= 11 is 1.56. The lowest BCUT2D eigenvalue weighted by Crippen LogP contribution is -2.27. The average Bonchev–Trinajstić information content (AvgIpc) is 2.83. The van der Waals surface area contributed by atoms with Crippen LogP contribution < -0.4 is 11.1 Å². The molecule has 4 nitrogen and oxygen atoms in total. The first-order valence-corrected chi connectivity index (χ1v) is 7.65. The third-order valence-corrected chi connectivity index (χ3v) is 4.18. The second-order valence-electron chi connectivity index (χ2n) is 5.92. The molecular formula is C14H25N3OS. The number of hydrogen-bond donors (Lipinski definition) is 2. The smallest absolute Gasteiger partial charge is 0.220 e. The van der Waals surface area contributed by atoms with E-state index in [1.165, 1.54) is 0 Å². The molecule has 0 aliphatic carbocycles. The maximum absolute atomic E-state index is 11.8. The molecule has 1 atom stereocenters. The number of aromatic nitrogens is 1. The van der Waals surface area contributed by atoms with Gasteiger partial charge in [-0.2, -0.15) is 0 Å². The monoisotopic (exact) mass is 283 g/mol. The van der Waals surface area contributed by atoms with Gasteiger partial charge in [-0.25, -0.2) is 0 Å². The number of amides is 1. The fraction of sp³-hybridized carbons (Fsp3) is 0.714. The summed E-state index contributed by atoms with van der Waals surface area (Å²) in [5.41, 5.74) is 7.63. The molecule has 1 aromatic heterocycles. The maximum Gasteiger partial charge on any atom is 0.220 e. The summed E-state index contributed by atoms with van der Waals surface area (Å²) in [6.07, 6.45) is 4.24. The summed E-state index contributed by atoms with van der Waals surface area (Å²) in [4.78, 5) is 16.9. The maximum atomic E-state index is 11.8. The summed E-state index contributed by atoms with van der Waals surface area (Å²) in [7, 11) is 0. The van der Waals surface area contributed by atoms with Crippen LogP contribution in [0.1, 0.15) is 44.9 Å². The van der Waals surface area contributed by atoms with Gasteiger partial charge in [-0.05, 0) is 30.7 Å². The van der Waals surface area contributed by atoms with Crippen molar-refractivity contribution in [1.29, 1.82) is 0 Å². The number of hydrogen-bond acceptors (Lipinski definition) is 4. The summed E-state index contributed by atoms with van der Waals surface area (Å²) in [5, 5.41) is 2.93. The Kier molecular flexibility index (Phi) is 6.45. The molecule has 5 heteroatoms. The van der Waals surface area contributed by atoms with Gasteiger partial charge in [0.25, 0.3) is 0 Å². The van der Waals surface area contributed by atoms with Crippen molar-refractivity contribution in [3.05, 3.63) is 16.6 Å². The van der Waals surface area contributed by atoms with Crippen LogP contribution in [0.4, 0.5) is 0 Å². The van der Waals surface area contributed by atoms with Crippen molar-refractivity contribution in [3.8, 4) is 0 Å². The number of carbonyl (C=O) groups excluding carboxylic acids is 1. The molecule has 0 saturated heterocycles. The van der Waals surface area contributed by atoms with Gasteiger partial charge in [0, 0.05) is 17.5 Å². The number of nitrogens with zero attached hydrogens (tertiary/aromatic N) is 1. The largest absolute Gasteiger partial charge is 0.351 e. The van der Waals surface area contributed by atoms with E-state index in [9.17, 15) is 4.79 Å². The zero-order valence-electron chi connectivity index (χ0n) is 12.1. The lowest BCUT2D eigenvalue weighted by molar-refractivity contribution is -0.121. The summed E-state index contributed by atoms with van der Waals surface area (Å²) < 4.78 is 0. The Bertz CT molecular complexity index is 371. The molecule has 0 bridgehead atoms. The van der Waals surface area contributed by atoms with E-state index in [1.54, 1.807) is 23.0 Å². The molecule has 1 unspecified atom stereocenters. The Balaban J connectivity index is 2.31. The normalized spacial score (nSPS) is 13.3. The average molecular weight is 283 g/mol. The standard InChI is InChI=1S/C14H25N3OS/c1-14(2,3)11(6-7-15)4-5-13(18)17-9-12-8-16-10-19-12/h8,10-11H,4-7,9,15H2,1-3H3,(H,17,18). The van der Waals surface area contributed by atoms with Gasteiger partial charge in [-0.1, -0.05) is 20.8 Å². The predicted molar refractivity (Wildman–Crippen MR) is 79.8 cm³/mol. The van der Waals surface area contributed by atoms with Crippen molar-refractivity contribution in [2.75, 3.05) is 6.54 Å². The van der Waals surface area contributed by atoms with Crippen molar-refractivity contribution >= 4 is 17.2 Å². The van der Waals surface area contributed by atoms with Gasteiger partial charge in [-0.3, -0.25) is 9.78 Å². The number of rotatable bonds is 7. The van der Waals surface area contributed by atoms with E-state index >= 15 is 0 Å². The van der Waals surface area contributed by atoms with E-state index in [0.29, 0.717) is 25.4 Å². The molecule has 108 valence electrons. The van der Waals surface area contributed by atoms with Crippen molar-refractivity contribution in [3.63, 3.8) is 0 Å². The van der Waals surface area contributed by atoms with E-state index in [2.05, 4.69) is 31.1 Å². The highest BCUT2D eigenvalue weighted by atomic mass is 32.1. The second-order valence-corrected chi connectivity index (χ2v) is 6.89. The van der Waals surface area contributed by atoms with Gasteiger partial charge >= 0.3 is 0 Å². The highest BCUT2D eigenvalue weighted by Crippen LogP contribution is 2.31. The molecule has 0 spiro atoms. The Hall–Kier alpha value is -0.940. The highest BCUT2D eigenvalue weighted by molar-refractivity contribution is 7.09. The molecule has 1 rings (SSSR count). The summed E-state index contributed by atoms with van der Waals surface area (Å²) in [6.45, 7) is 7.90. The third kappa shape index (κ3) is 6.16. The van der Waals surface area contributed by atoms with E-state index in [0.717, 1.165) is 17.7 Å². The third-order valence-electron chi connectivity index (χ3n) is 3.40. The van der Waals surface area contributed by atoms with Gasteiger partial charge < -0.3 is 11.1 Å². The molecule has 0 fully saturated rings. The topological polar surface area (TPSA) is 68.0 Å². The Morgan fingerprint density at radius 3 is 2.74 bits per heavy atom. The molecule has 0 aliphatic rings. The zero-order valence-corrected chi connectivity index (χ0v) is 12.9. The SMILES string of the molecule is CC(C)(C)C(CCN)CCC(=O)NCc1cncs1. The molecule has 0 saturated carbocycles. The quantitative estimate of drug-likeness (QED) is 0.808. The summed E-state index contributed by atoms with van der Waals surface area (Å²) in [6, 6.07) is 0. The zero-order chi connectivity index (χ0) is 14.3. The van der Waals surface area contributed by atoms with Gasteiger partial charge in [0.05, 0.1) is 12.1 Å². The van der Waals surface area contributed by atoms with Crippen LogP contribution in [0.3, 0.4) is 0 Å². The first-order valence-electron chi connectivity index (χ1n) is 6.77. The molecule has 3 N–H and O–H groups in total. The fourth-order valence-electron chi connectivity index (χ4n) is 2.12. The van der Waals surface area contributed by atoms with E-state index in [4.69, 9.17) is 5.73 Å². The van der Waals surface area contributed by atoms with Crippen LogP contribution in [0, 0.1) is 11.3 Å². The van der Waals surface area contributed by atoms with E-state index in [1.807, 2.05) is 0 Å². The second kappa shape index (κ2) is 7.60. The fourth-order valence-corrected chi connectivity index (χ4v) is 2.65. The Morgan fingerprint density at radius 1 is 1.47 bits per heavy atom. The van der Waals surface area contributed by atoms with Crippen molar-refractivity contribution < 1.29 is 4.79 Å². The van der Waals surface area contributed by atoms with Crippen LogP contribution in [0.2, 0.25) is 0 Å². The molecular weight excluding hydrogens is 258 g/mol. The Labute approximate surface area is 119 Å².